The van der Waals surface area contributed by atoms with E-state index < -0.39 is 0 Å². The first-order valence-corrected chi connectivity index (χ1v) is 6.40. The molecule has 1 aromatic carbocycles. The van der Waals surface area contributed by atoms with Crippen LogP contribution in [0.25, 0.3) is 0 Å². The summed E-state index contributed by atoms with van der Waals surface area (Å²) in [6, 6.07) is 4.06. The van der Waals surface area contributed by atoms with E-state index in [0.29, 0.717) is 0 Å². The fourth-order valence-corrected chi connectivity index (χ4v) is 1.68. The first-order valence-electron chi connectivity index (χ1n) is 6.40. The fourth-order valence-electron chi connectivity index (χ4n) is 1.68. The molecular formula is C14H23N3. The lowest BCUT2D eigenvalue weighted by Crippen LogP contribution is -1.91. The van der Waals surface area contributed by atoms with Crippen molar-refractivity contribution in [2.45, 2.75) is 46.5 Å². The number of azo groups is 1. The normalized spacial score (nSPS) is 11.2. The fraction of sp³-hybridized carbons (Fsp3) is 0.571. The lowest BCUT2D eigenvalue weighted by atomic mass is 10.1. The molecule has 0 heterocycles. The van der Waals surface area contributed by atoms with Gasteiger partial charge in [0.2, 0.25) is 0 Å². The van der Waals surface area contributed by atoms with Crippen LogP contribution in [0.2, 0.25) is 0 Å². The summed E-state index contributed by atoms with van der Waals surface area (Å²) < 4.78 is 0. The number of rotatable bonds is 6. The van der Waals surface area contributed by atoms with Gasteiger partial charge in [-0.05, 0) is 31.4 Å². The molecule has 0 aliphatic carbocycles. The summed E-state index contributed by atoms with van der Waals surface area (Å²) in [6.45, 7) is 7.02. The number of unbranched alkanes of at least 4 members (excludes halogenated alkanes) is 3. The van der Waals surface area contributed by atoms with Crippen molar-refractivity contribution in [1.29, 1.82) is 0 Å². The maximum Gasteiger partial charge on any atom is 0.111 e. The maximum absolute atomic E-state index is 5.99. The Balaban J connectivity index is 2.56. The van der Waals surface area contributed by atoms with Crippen LogP contribution < -0.4 is 5.73 Å². The van der Waals surface area contributed by atoms with Gasteiger partial charge in [-0.15, -0.1) is 0 Å². The molecule has 17 heavy (non-hydrogen) atoms. The van der Waals surface area contributed by atoms with Crippen molar-refractivity contribution in [3.05, 3.63) is 23.3 Å². The predicted molar refractivity (Wildman–Crippen MR) is 73.9 cm³/mol. The van der Waals surface area contributed by atoms with E-state index in [4.69, 9.17) is 5.73 Å². The zero-order valence-electron chi connectivity index (χ0n) is 11.2. The quantitative estimate of drug-likeness (QED) is 0.437. The van der Waals surface area contributed by atoms with Gasteiger partial charge >= 0.3 is 0 Å². The highest BCUT2D eigenvalue weighted by Crippen LogP contribution is 2.29. The lowest BCUT2D eigenvalue weighted by Gasteiger charge is -2.06. The topological polar surface area (TPSA) is 50.7 Å². The third kappa shape index (κ3) is 4.17. The number of hydrogen-bond donors (Lipinski definition) is 1. The minimum Gasteiger partial charge on any atom is -0.397 e. The van der Waals surface area contributed by atoms with E-state index in [1.54, 1.807) is 0 Å². The highest BCUT2D eigenvalue weighted by Gasteiger charge is 2.04. The number of nitrogen functional groups attached to an aromatic ring is 1. The Hall–Kier alpha value is -1.38. The van der Waals surface area contributed by atoms with E-state index in [1.165, 1.54) is 19.3 Å². The van der Waals surface area contributed by atoms with Gasteiger partial charge in [-0.1, -0.05) is 38.3 Å². The van der Waals surface area contributed by atoms with Gasteiger partial charge in [0.1, 0.15) is 5.69 Å². The second-order valence-electron chi connectivity index (χ2n) is 4.49. The average Bonchev–Trinajstić information content (AvgIpc) is 2.32. The van der Waals surface area contributed by atoms with Crippen LogP contribution in [-0.2, 0) is 0 Å². The summed E-state index contributed by atoms with van der Waals surface area (Å²) in [6.07, 6.45) is 4.88. The summed E-state index contributed by atoms with van der Waals surface area (Å²) in [5.41, 5.74) is 9.73. The lowest BCUT2D eigenvalue weighted by molar-refractivity contribution is 0.666. The maximum atomic E-state index is 5.99. The molecular weight excluding hydrogens is 210 g/mol. The van der Waals surface area contributed by atoms with Gasteiger partial charge in [0.05, 0.1) is 12.2 Å². The van der Waals surface area contributed by atoms with Crippen molar-refractivity contribution >= 4 is 11.4 Å². The molecule has 0 saturated carbocycles. The standard InChI is InChI=1S/C14H23N3/c1-4-5-6-7-10-16-17-14-12(3)9-8-11(2)13(14)15/h8-9H,4-7,10,15H2,1-3H3. The molecule has 3 nitrogen and oxygen atoms in total. The molecule has 94 valence electrons. The third-order valence-corrected chi connectivity index (χ3v) is 2.92. The van der Waals surface area contributed by atoms with Crippen molar-refractivity contribution in [2.75, 3.05) is 12.3 Å². The Bertz CT molecular complexity index is 383. The van der Waals surface area contributed by atoms with E-state index in [1.807, 2.05) is 26.0 Å². The van der Waals surface area contributed by atoms with Crippen LogP contribution in [0.1, 0.15) is 43.7 Å². The molecule has 0 radical (unpaired) electrons. The SMILES string of the molecule is CCCCCCN=Nc1c(C)ccc(C)c1N. The van der Waals surface area contributed by atoms with Crippen molar-refractivity contribution in [3.8, 4) is 0 Å². The number of aryl methyl sites for hydroxylation is 2. The first-order chi connectivity index (χ1) is 8.16. The van der Waals surface area contributed by atoms with Gasteiger partial charge in [-0.25, -0.2) is 0 Å². The van der Waals surface area contributed by atoms with Crippen molar-refractivity contribution < 1.29 is 0 Å². The number of anilines is 1. The van der Waals surface area contributed by atoms with Gasteiger partial charge in [-0.3, -0.25) is 0 Å². The van der Waals surface area contributed by atoms with Gasteiger partial charge in [0.25, 0.3) is 0 Å². The minimum atomic E-state index is 0.752. The molecule has 0 bridgehead atoms. The smallest absolute Gasteiger partial charge is 0.111 e. The van der Waals surface area contributed by atoms with Gasteiger partial charge in [0, 0.05) is 0 Å². The van der Waals surface area contributed by atoms with Crippen LogP contribution >= 0.6 is 0 Å². The summed E-state index contributed by atoms with van der Waals surface area (Å²) in [5.74, 6) is 0. The van der Waals surface area contributed by atoms with Crippen LogP contribution in [0.5, 0.6) is 0 Å². The Labute approximate surface area is 104 Å². The van der Waals surface area contributed by atoms with E-state index in [9.17, 15) is 0 Å². The molecule has 0 fully saturated rings. The first kappa shape index (κ1) is 13.7. The zero-order valence-corrected chi connectivity index (χ0v) is 11.2. The van der Waals surface area contributed by atoms with Crippen molar-refractivity contribution in [3.63, 3.8) is 0 Å². The Morgan fingerprint density at radius 2 is 1.76 bits per heavy atom. The minimum absolute atomic E-state index is 0.752. The second-order valence-corrected chi connectivity index (χ2v) is 4.49. The Morgan fingerprint density at radius 1 is 1.06 bits per heavy atom. The van der Waals surface area contributed by atoms with Crippen LogP contribution in [-0.4, -0.2) is 6.54 Å². The van der Waals surface area contributed by atoms with Gasteiger partial charge in [0.15, 0.2) is 0 Å². The molecule has 1 rings (SSSR count). The van der Waals surface area contributed by atoms with Crippen molar-refractivity contribution in [1.82, 2.24) is 0 Å². The van der Waals surface area contributed by atoms with Crippen LogP contribution in [0.3, 0.4) is 0 Å². The summed E-state index contributed by atoms with van der Waals surface area (Å²) in [4.78, 5) is 0. The molecule has 0 aromatic heterocycles. The number of nitrogens with zero attached hydrogens (tertiary/aromatic N) is 2. The highest BCUT2D eigenvalue weighted by molar-refractivity contribution is 5.69. The van der Waals surface area contributed by atoms with E-state index >= 15 is 0 Å². The Morgan fingerprint density at radius 3 is 2.47 bits per heavy atom. The van der Waals surface area contributed by atoms with E-state index in [0.717, 1.165) is 35.5 Å². The predicted octanol–water partition coefficient (Wildman–Crippen LogP) is 4.55. The Kier molecular flexibility index (Phi) is 5.67. The number of nitrogens with two attached hydrogens (primary N) is 1. The summed E-state index contributed by atoms with van der Waals surface area (Å²) >= 11 is 0. The molecule has 0 aliphatic rings. The molecule has 0 unspecified atom stereocenters. The largest absolute Gasteiger partial charge is 0.397 e. The van der Waals surface area contributed by atoms with Crippen LogP contribution in [0.4, 0.5) is 11.4 Å². The summed E-state index contributed by atoms with van der Waals surface area (Å²) in [5, 5.41) is 8.48. The van der Waals surface area contributed by atoms with Gasteiger partial charge in [-0.2, -0.15) is 10.2 Å². The van der Waals surface area contributed by atoms with Crippen molar-refractivity contribution in [2.24, 2.45) is 10.2 Å². The van der Waals surface area contributed by atoms with E-state index in [-0.39, 0.29) is 0 Å². The van der Waals surface area contributed by atoms with Gasteiger partial charge < -0.3 is 5.73 Å². The number of hydrogen-bond acceptors (Lipinski definition) is 3. The molecule has 3 heteroatoms. The molecule has 1 aromatic rings. The van der Waals surface area contributed by atoms with E-state index in [2.05, 4.69) is 17.2 Å². The molecule has 0 atom stereocenters. The molecule has 0 saturated heterocycles. The molecule has 0 spiro atoms. The van der Waals surface area contributed by atoms with Crippen LogP contribution in [0.15, 0.2) is 22.4 Å². The highest BCUT2D eigenvalue weighted by atomic mass is 15.1. The second kappa shape index (κ2) is 7.05. The third-order valence-electron chi connectivity index (χ3n) is 2.92. The number of benzene rings is 1. The molecule has 2 N–H and O–H groups in total. The molecule has 0 amide bonds. The van der Waals surface area contributed by atoms with Crippen LogP contribution in [0, 0.1) is 13.8 Å². The zero-order chi connectivity index (χ0) is 12.7. The average molecular weight is 233 g/mol. The summed E-state index contributed by atoms with van der Waals surface area (Å²) in [7, 11) is 0. The monoisotopic (exact) mass is 233 g/mol. The molecule has 0 aliphatic heterocycles.